The van der Waals surface area contributed by atoms with Crippen molar-refractivity contribution < 1.29 is 19.1 Å². The minimum absolute atomic E-state index is 0.0536. The Morgan fingerprint density at radius 3 is 2.04 bits per heavy atom. The van der Waals surface area contributed by atoms with E-state index in [2.05, 4.69) is 0 Å². The van der Waals surface area contributed by atoms with Gasteiger partial charge in [0, 0.05) is 11.1 Å². The van der Waals surface area contributed by atoms with Crippen LogP contribution in [0.15, 0.2) is 24.3 Å². The summed E-state index contributed by atoms with van der Waals surface area (Å²) in [5.41, 5.74) is 0.469. The van der Waals surface area contributed by atoms with Crippen LogP contribution in [-0.4, -0.2) is 29.1 Å². The molecule has 0 bridgehead atoms. The van der Waals surface area contributed by atoms with E-state index in [9.17, 15) is 14.4 Å². The van der Waals surface area contributed by atoms with Gasteiger partial charge in [-0.2, -0.15) is 0 Å². The number of hydrogen-bond donors (Lipinski definition) is 0. The number of Topliss-reactive ketones (excluding diaryl/α,β-unsaturated/α-hetero) is 3. The van der Waals surface area contributed by atoms with E-state index in [0.717, 1.165) is 25.7 Å². The van der Waals surface area contributed by atoms with Crippen LogP contribution in [0, 0.1) is 11.8 Å². The summed E-state index contributed by atoms with van der Waals surface area (Å²) >= 11 is 0. The van der Waals surface area contributed by atoms with Gasteiger partial charge < -0.3 is 4.74 Å². The van der Waals surface area contributed by atoms with E-state index in [1.54, 1.807) is 24.3 Å². The molecule has 128 valence electrons. The second kappa shape index (κ2) is 6.25. The summed E-state index contributed by atoms with van der Waals surface area (Å²) in [6.45, 7) is 6.09. The standard InChI is InChI=1S/C20H24O4/c1-20(2,3)24-13-10-8-12(9-11-13)16-17(21)14-6-4-5-7-15(14)18(22)19(16)23/h4-7,12-13,16H,8-11H2,1-3H3. The lowest BCUT2D eigenvalue weighted by molar-refractivity contribution is -0.120. The Labute approximate surface area is 142 Å². The molecular formula is C20H24O4. The number of fused-ring (bicyclic) bond motifs is 1. The lowest BCUT2D eigenvalue weighted by Gasteiger charge is -2.36. The molecule has 1 atom stereocenters. The molecule has 0 aromatic heterocycles. The molecule has 1 fully saturated rings. The highest BCUT2D eigenvalue weighted by atomic mass is 16.5. The topological polar surface area (TPSA) is 60.4 Å². The predicted octanol–water partition coefficient (Wildman–Crippen LogP) is 3.62. The molecule has 1 aromatic rings. The largest absolute Gasteiger partial charge is 0.373 e. The van der Waals surface area contributed by atoms with Gasteiger partial charge in [0.25, 0.3) is 0 Å². The van der Waals surface area contributed by atoms with Crippen molar-refractivity contribution in [2.45, 2.75) is 58.2 Å². The molecule has 3 rings (SSSR count). The van der Waals surface area contributed by atoms with E-state index in [-0.39, 0.29) is 29.0 Å². The van der Waals surface area contributed by atoms with Crippen molar-refractivity contribution >= 4 is 17.3 Å². The normalized spacial score (nSPS) is 28.0. The smallest absolute Gasteiger partial charge is 0.230 e. The second-order valence-corrected chi connectivity index (χ2v) is 7.85. The van der Waals surface area contributed by atoms with Crippen LogP contribution >= 0.6 is 0 Å². The molecule has 4 heteroatoms. The van der Waals surface area contributed by atoms with Gasteiger partial charge in [0.15, 0.2) is 5.78 Å². The van der Waals surface area contributed by atoms with Crippen molar-refractivity contribution in [3.05, 3.63) is 35.4 Å². The van der Waals surface area contributed by atoms with Gasteiger partial charge in [0.1, 0.15) is 0 Å². The van der Waals surface area contributed by atoms with Gasteiger partial charge in [0.2, 0.25) is 11.6 Å². The van der Waals surface area contributed by atoms with E-state index in [1.165, 1.54) is 0 Å². The van der Waals surface area contributed by atoms with Crippen molar-refractivity contribution in [3.63, 3.8) is 0 Å². The minimum atomic E-state index is -0.803. The highest BCUT2D eigenvalue weighted by Crippen LogP contribution is 2.37. The molecule has 0 aliphatic heterocycles. The highest BCUT2D eigenvalue weighted by Gasteiger charge is 2.45. The molecule has 1 saturated carbocycles. The van der Waals surface area contributed by atoms with Gasteiger partial charge in [-0.05, 0) is 52.4 Å². The van der Waals surface area contributed by atoms with E-state index in [1.807, 2.05) is 20.8 Å². The van der Waals surface area contributed by atoms with Gasteiger partial charge in [-0.25, -0.2) is 0 Å². The first-order chi connectivity index (χ1) is 11.3. The molecule has 2 aliphatic rings. The third-order valence-electron chi connectivity index (χ3n) is 4.94. The molecule has 0 amide bonds. The zero-order valence-corrected chi connectivity index (χ0v) is 14.5. The van der Waals surface area contributed by atoms with Crippen LogP contribution < -0.4 is 0 Å². The zero-order chi connectivity index (χ0) is 17.5. The van der Waals surface area contributed by atoms with Crippen LogP contribution in [0.2, 0.25) is 0 Å². The van der Waals surface area contributed by atoms with Gasteiger partial charge in [-0.15, -0.1) is 0 Å². The summed E-state index contributed by atoms with van der Waals surface area (Å²) < 4.78 is 6.01. The monoisotopic (exact) mass is 328 g/mol. The van der Waals surface area contributed by atoms with Crippen LogP contribution in [0.3, 0.4) is 0 Å². The number of ether oxygens (including phenoxy) is 1. The summed E-state index contributed by atoms with van der Waals surface area (Å²) in [5, 5.41) is 0. The SMILES string of the molecule is CC(C)(C)OC1CCC(C2C(=O)C(=O)c3ccccc3C2=O)CC1. The zero-order valence-electron chi connectivity index (χ0n) is 14.5. The fraction of sp³-hybridized carbons (Fsp3) is 0.550. The quantitative estimate of drug-likeness (QED) is 0.614. The Morgan fingerprint density at radius 1 is 0.875 bits per heavy atom. The Morgan fingerprint density at radius 2 is 1.46 bits per heavy atom. The van der Waals surface area contributed by atoms with E-state index in [0.29, 0.717) is 5.56 Å². The molecule has 0 saturated heterocycles. The first-order valence-electron chi connectivity index (χ1n) is 8.67. The molecule has 0 spiro atoms. The summed E-state index contributed by atoms with van der Waals surface area (Å²) in [4.78, 5) is 37.6. The maximum absolute atomic E-state index is 12.8. The molecule has 2 aliphatic carbocycles. The third kappa shape index (κ3) is 3.20. The van der Waals surface area contributed by atoms with Gasteiger partial charge in [-0.1, -0.05) is 24.3 Å². The summed E-state index contributed by atoms with van der Waals surface area (Å²) in [7, 11) is 0. The van der Waals surface area contributed by atoms with Crippen molar-refractivity contribution in [1.82, 2.24) is 0 Å². The van der Waals surface area contributed by atoms with Gasteiger partial charge >= 0.3 is 0 Å². The van der Waals surface area contributed by atoms with Crippen LogP contribution in [-0.2, 0) is 9.53 Å². The molecule has 4 nitrogen and oxygen atoms in total. The maximum atomic E-state index is 12.8. The molecular weight excluding hydrogens is 304 g/mol. The van der Waals surface area contributed by atoms with E-state index < -0.39 is 17.5 Å². The molecule has 0 radical (unpaired) electrons. The number of carbonyl (C=O) groups is 3. The van der Waals surface area contributed by atoms with Gasteiger partial charge in [0.05, 0.1) is 17.6 Å². The Balaban J connectivity index is 1.76. The summed E-state index contributed by atoms with van der Waals surface area (Å²) in [6, 6.07) is 6.65. The second-order valence-electron chi connectivity index (χ2n) is 7.85. The number of benzene rings is 1. The first kappa shape index (κ1) is 17.0. The highest BCUT2D eigenvalue weighted by molar-refractivity contribution is 6.51. The number of rotatable bonds is 2. The fourth-order valence-electron chi connectivity index (χ4n) is 3.92. The van der Waals surface area contributed by atoms with Crippen molar-refractivity contribution in [1.29, 1.82) is 0 Å². The predicted molar refractivity (Wildman–Crippen MR) is 90.2 cm³/mol. The van der Waals surface area contributed by atoms with Crippen LogP contribution in [0.25, 0.3) is 0 Å². The molecule has 1 unspecified atom stereocenters. The molecule has 1 aromatic carbocycles. The van der Waals surface area contributed by atoms with Crippen LogP contribution in [0.4, 0.5) is 0 Å². The van der Waals surface area contributed by atoms with Crippen molar-refractivity contribution in [2.24, 2.45) is 11.8 Å². The molecule has 24 heavy (non-hydrogen) atoms. The average Bonchev–Trinajstić information content (AvgIpc) is 2.53. The fourth-order valence-corrected chi connectivity index (χ4v) is 3.92. The van der Waals surface area contributed by atoms with Crippen molar-refractivity contribution in [3.8, 4) is 0 Å². The third-order valence-corrected chi connectivity index (χ3v) is 4.94. The minimum Gasteiger partial charge on any atom is -0.373 e. The van der Waals surface area contributed by atoms with E-state index in [4.69, 9.17) is 4.74 Å². The maximum Gasteiger partial charge on any atom is 0.230 e. The van der Waals surface area contributed by atoms with E-state index >= 15 is 0 Å². The first-order valence-corrected chi connectivity index (χ1v) is 8.67. The molecule has 0 heterocycles. The lowest BCUT2D eigenvalue weighted by Crippen LogP contribution is -2.43. The Bertz CT molecular complexity index is 675. The number of carbonyl (C=O) groups excluding carboxylic acids is 3. The summed E-state index contributed by atoms with van der Waals surface area (Å²) in [6.07, 6.45) is 3.32. The van der Waals surface area contributed by atoms with Crippen LogP contribution in [0.1, 0.15) is 67.2 Å². The lowest BCUT2D eigenvalue weighted by atomic mass is 9.69. The van der Waals surface area contributed by atoms with Crippen LogP contribution in [0.5, 0.6) is 0 Å². The van der Waals surface area contributed by atoms with Gasteiger partial charge in [-0.3, -0.25) is 14.4 Å². The van der Waals surface area contributed by atoms with Crippen molar-refractivity contribution in [2.75, 3.05) is 0 Å². The number of ketones is 3. The average molecular weight is 328 g/mol. The Kier molecular flexibility index (Phi) is 4.43. The molecule has 0 N–H and O–H groups in total. The summed E-state index contributed by atoms with van der Waals surface area (Å²) in [5.74, 6) is -2.08. The Hall–Kier alpha value is -1.81. The number of hydrogen-bond acceptors (Lipinski definition) is 4.